The Morgan fingerprint density at radius 2 is 1.79 bits per heavy atom. The second kappa shape index (κ2) is 10.2. The quantitative estimate of drug-likeness (QED) is 0.424. The van der Waals surface area contributed by atoms with Crippen molar-refractivity contribution in [2.24, 2.45) is 11.8 Å². The monoisotopic (exact) mass is 552 g/mol. The van der Waals surface area contributed by atoms with Gasteiger partial charge in [-0.3, -0.25) is 9.36 Å². The molecule has 0 bridgehead atoms. The fourth-order valence-electron chi connectivity index (χ4n) is 5.65. The summed E-state index contributed by atoms with van der Waals surface area (Å²) in [4.78, 5) is 37.0. The summed E-state index contributed by atoms with van der Waals surface area (Å²) in [5, 5.41) is 3.30. The van der Waals surface area contributed by atoms with E-state index in [2.05, 4.69) is 32.2 Å². The lowest BCUT2D eigenvalue weighted by Crippen LogP contribution is -2.41. The van der Waals surface area contributed by atoms with Crippen LogP contribution in [0.4, 0.5) is 5.82 Å². The van der Waals surface area contributed by atoms with Gasteiger partial charge >= 0.3 is 0 Å². The third-order valence-electron chi connectivity index (χ3n) is 8.49. The molecular formula is C27H36N8O3S. The van der Waals surface area contributed by atoms with Crippen molar-refractivity contribution in [1.82, 2.24) is 33.8 Å². The normalized spacial score (nSPS) is 19.9. The molecule has 2 saturated carbocycles. The summed E-state index contributed by atoms with van der Waals surface area (Å²) in [7, 11) is -3.17. The summed E-state index contributed by atoms with van der Waals surface area (Å²) in [6.07, 6.45) is 9.19. The van der Waals surface area contributed by atoms with Crippen LogP contribution in [0.2, 0.25) is 0 Å². The summed E-state index contributed by atoms with van der Waals surface area (Å²) in [5.74, 6) is 2.07. The number of aryl methyl sites for hydroxylation is 1. The summed E-state index contributed by atoms with van der Waals surface area (Å²) >= 11 is 0. The second-order valence-corrected chi connectivity index (χ2v) is 13.5. The number of fused-ring (bicyclic) bond motifs is 1. The largest absolute Gasteiger partial charge is 0.365 e. The molecule has 1 atom stereocenters. The molecule has 3 aromatic heterocycles. The standard InChI is InChI=1S/C27H36N8O3S/c1-4-39(37,38)34-11-9-18(10-12-34)13-28-25-27(36)35(17(3)19-5-6-19)26-21(32-25)14-29-24(33-26)22-16(2)30-15-31-23(22)20-7-8-20/h14-15,17-20H,4-13H2,1-3H3,(H,28,32). The lowest BCUT2D eigenvalue weighted by atomic mass is 9.98. The SMILES string of the molecule is CCS(=O)(=O)N1CCC(CNc2nc3cnc(-c4c(C)ncnc4C4CC4)nc3n(C(C)C3CC3)c2=O)CC1. The Morgan fingerprint density at radius 3 is 2.46 bits per heavy atom. The van der Waals surface area contributed by atoms with Crippen molar-refractivity contribution in [3.8, 4) is 11.4 Å². The first kappa shape index (κ1) is 26.2. The van der Waals surface area contributed by atoms with Crippen molar-refractivity contribution in [2.75, 3.05) is 30.7 Å². The summed E-state index contributed by atoms with van der Waals surface area (Å²) in [5.41, 5.74) is 3.60. The van der Waals surface area contributed by atoms with Gasteiger partial charge in [-0.1, -0.05) is 0 Å². The van der Waals surface area contributed by atoms with Gasteiger partial charge in [-0.2, -0.15) is 0 Å². The maximum absolute atomic E-state index is 13.8. The van der Waals surface area contributed by atoms with Crippen LogP contribution in [0.5, 0.6) is 0 Å². The third kappa shape index (κ3) is 5.16. The van der Waals surface area contributed by atoms with Crippen LogP contribution in [0.15, 0.2) is 17.3 Å². The second-order valence-electron chi connectivity index (χ2n) is 11.2. The molecule has 3 fully saturated rings. The minimum Gasteiger partial charge on any atom is -0.365 e. The zero-order valence-electron chi connectivity index (χ0n) is 22.8. The molecule has 0 aromatic carbocycles. The lowest BCUT2D eigenvalue weighted by Gasteiger charge is -2.31. The number of hydrogen-bond donors (Lipinski definition) is 1. The van der Waals surface area contributed by atoms with Crippen LogP contribution < -0.4 is 10.9 Å². The molecule has 2 aliphatic carbocycles. The molecule has 208 valence electrons. The van der Waals surface area contributed by atoms with Gasteiger partial charge in [-0.15, -0.1) is 0 Å². The molecule has 1 unspecified atom stereocenters. The third-order valence-corrected chi connectivity index (χ3v) is 10.4. The number of piperidine rings is 1. The van der Waals surface area contributed by atoms with Gasteiger partial charge in [0.05, 0.1) is 28.9 Å². The number of rotatable bonds is 9. The van der Waals surface area contributed by atoms with E-state index in [0.29, 0.717) is 54.3 Å². The minimum absolute atomic E-state index is 0.00943. The zero-order chi connectivity index (χ0) is 27.3. The van der Waals surface area contributed by atoms with E-state index >= 15 is 0 Å². The molecule has 0 amide bonds. The highest BCUT2D eigenvalue weighted by Crippen LogP contribution is 2.43. The highest BCUT2D eigenvalue weighted by atomic mass is 32.2. The molecule has 1 N–H and O–H groups in total. The van der Waals surface area contributed by atoms with Crippen LogP contribution in [0, 0.1) is 18.8 Å². The maximum atomic E-state index is 13.8. The van der Waals surface area contributed by atoms with Crippen LogP contribution in [0.25, 0.3) is 22.6 Å². The van der Waals surface area contributed by atoms with Crippen molar-refractivity contribution in [3.05, 3.63) is 34.3 Å². The Bertz CT molecular complexity index is 1560. The number of nitrogens with one attached hydrogen (secondary N) is 1. The fourth-order valence-corrected chi connectivity index (χ4v) is 6.79. The van der Waals surface area contributed by atoms with Gasteiger partial charge in [0.1, 0.15) is 11.8 Å². The molecule has 1 saturated heterocycles. The van der Waals surface area contributed by atoms with Gasteiger partial charge in [0, 0.05) is 31.6 Å². The number of hydrogen-bond acceptors (Lipinski definition) is 9. The molecule has 3 aromatic rings. The van der Waals surface area contributed by atoms with E-state index in [1.54, 1.807) is 28.3 Å². The average molecular weight is 553 g/mol. The van der Waals surface area contributed by atoms with Crippen LogP contribution in [0.3, 0.4) is 0 Å². The van der Waals surface area contributed by atoms with Gasteiger partial charge in [0.25, 0.3) is 5.56 Å². The molecular weight excluding hydrogens is 516 g/mol. The Hall–Kier alpha value is -2.99. The summed E-state index contributed by atoms with van der Waals surface area (Å²) in [6, 6.07) is -0.00943. The first-order valence-electron chi connectivity index (χ1n) is 14.1. The Morgan fingerprint density at radius 1 is 1.05 bits per heavy atom. The summed E-state index contributed by atoms with van der Waals surface area (Å²) < 4.78 is 27.8. The van der Waals surface area contributed by atoms with E-state index in [1.165, 1.54) is 0 Å². The molecule has 6 rings (SSSR count). The Kier molecular flexibility index (Phi) is 6.86. The maximum Gasteiger partial charge on any atom is 0.295 e. The van der Waals surface area contributed by atoms with E-state index in [1.807, 2.05) is 6.92 Å². The van der Waals surface area contributed by atoms with E-state index in [4.69, 9.17) is 4.98 Å². The molecule has 39 heavy (non-hydrogen) atoms. The molecule has 12 heteroatoms. The van der Waals surface area contributed by atoms with Crippen molar-refractivity contribution in [2.45, 2.75) is 71.3 Å². The van der Waals surface area contributed by atoms with Gasteiger partial charge in [-0.05, 0) is 71.1 Å². The predicted molar refractivity (Wildman–Crippen MR) is 149 cm³/mol. The molecule has 1 aliphatic heterocycles. The number of aromatic nitrogens is 6. The van der Waals surface area contributed by atoms with Crippen LogP contribution >= 0.6 is 0 Å². The predicted octanol–water partition coefficient (Wildman–Crippen LogP) is 3.27. The van der Waals surface area contributed by atoms with Crippen molar-refractivity contribution in [3.63, 3.8) is 0 Å². The van der Waals surface area contributed by atoms with Crippen LogP contribution in [-0.2, 0) is 10.0 Å². The highest BCUT2D eigenvalue weighted by molar-refractivity contribution is 7.89. The lowest BCUT2D eigenvalue weighted by molar-refractivity contribution is 0.282. The number of sulfonamides is 1. The highest BCUT2D eigenvalue weighted by Gasteiger charge is 2.33. The van der Waals surface area contributed by atoms with Crippen LogP contribution in [0.1, 0.15) is 75.7 Å². The van der Waals surface area contributed by atoms with E-state index in [-0.39, 0.29) is 23.3 Å². The molecule has 11 nitrogen and oxygen atoms in total. The van der Waals surface area contributed by atoms with E-state index < -0.39 is 10.0 Å². The van der Waals surface area contributed by atoms with Crippen molar-refractivity contribution in [1.29, 1.82) is 0 Å². The van der Waals surface area contributed by atoms with E-state index in [0.717, 1.165) is 55.5 Å². The zero-order valence-corrected chi connectivity index (χ0v) is 23.6. The molecule has 0 radical (unpaired) electrons. The molecule has 0 spiro atoms. The average Bonchev–Trinajstić information content (AvgIpc) is 3.85. The van der Waals surface area contributed by atoms with Gasteiger partial charge in [-0.25, -0.2) is 37.6 Å². The number of anilines is 1. The molecule has 4 heterocycles. The van der Waals surface area contributed by atoms with Gasteiger partial charge in [0.2, 0.25) is 10.0 Å². The Labute approximate surface area is 228 Å². The fraction of sp³-hybridized carbons (Fsp3) is 0.630. The van der Waals surface area contributed by atoms with Gasteiger partial charge in [0.15, 0.2) is 17.3 Å². The van der Waals surface area contributed by atoms with Crippen LogP contribution in [-0.4, -0.2) is 67.6 Å². The van der Waals surface area contributed by atoms with Crippen molar-refractivity contribution >= 4 is 27.0 Å². The first-order valence-corrected chi connectivity index (χ1v) is 15.7. The first-order chi connectivity index (χ1) is 18.8. The van der Waals surface area contributed by atoms with E-state index in [9.17, 15) is 13.2 Å². The van der Waals surface area contributed by atoms with Crippen molar-refractivity contribution < 1.29 is 8.42 Å². The number of nitrogens with zero attached hydrogens (tertiary/aromatic N) is 7. The minimum atomic E-state index is -3.17. The smallest absolute Gasteiger partial charge is 0.295 e. The Balaban J connectivity index is 1.31. The topological polar surface area (TPSA) is 136 Å². The summed E-state index contributed by atoms with van der Waals surface area (Å²) in [6.45, 7) is 7.30. The molecule has 3 aliphatic rings. The van der Waals surface area contributed by atoms with Gasteiger partial charge < -0.3 is 5.32 Å².